The van der Waals surface area contributed by atoms with E-state index in [0.717, 1.165) is 81.8 Å². The van der Waals surface area contributed by atoms with Crippen molar-refractivity contribution in [1.82, 2.24) is 4.90 Å². The number of ketones is 1. The summed E-state index contributed by atoms with van der Waals surface area (Å²) in [5.74, 6) is 0.376. The number of rotatable bonds is 15. The zero-order valence-corrected chi connectivity index (χ0v) is 28.2. The topological polar surface area (TPSA) is 60.9 Å². The molecule has 1 saturated heterocycles. The Kier molecular flexibility index (Phi) is 12.0. The molecular formula is C37H51N3O3S. The summed E-state index contributed by atoms with van der Waals surface area (Å²) in [5, 5.41) is 0. The minimum Gasteiger partial charge on any atom is -0.370 e. The van der Waals surface area contributed by atoms with Gasteiger partial charge in [0.2, 0.25) is 0 Å². The zero-order chi connectivity index (χ0) is 31.7. The van der Waals surface area contributed by atoms with E-state index in [9.17, 15) is 13.2 Å². The number of piperidine rings is 1. The molecule has 1 aliphatic heterocycles. The molecule has 3 aromatic rings. The van der Waals surface area contributed by atoms with Gasteiger partial charge in [-0.05, 0) is 76.4 Å². The third-order valence-electron chi connectivity index (χ3n) is 8.84. The van der Waals surface area contributed by atoms with Gasteiger partial charge < -0.3 is 14.7 Å². The highest BCUT2D eigenvalue weighted by Gasteiger charge is 2.30. The zero-order valence-electron chi connectivity index (χ0n) is 27.4. The number of carbonyl (C=O) groups is 1. The van der Waals surface area contributed by atoms with E-state index in [4.69, 9.17) is 0 Å². The van der Waals surface area contributed by atoms with E-state index in [1.165, 1.54) is 11.1 Å². The molecule has 3 aromatic carbocycles. The Bertz CT molecular complexity index is 1460. The second kappa shape index (κ2) is 15.7. The third kappa shape index (κ3) is 8.72. The summed E-state index contributed by atoms with van der Waals surface area (Å²) < 4.78 is 28.5. The van der Waals surface area contributed by atoms with Gasteiger partial charge in [-0.25, -0.2) is 8.42 Å². The minimum absolute atomic E-state index is 0.0255. The number of likely N-dealkylation sites (N-methyl/N-ethyl adjacent to an activating group) is 2. The Morgan fingerprint density at radius 3 is 2.20 bits per heavy atom. The van der Waals surface area contributed by atoms with E-state index in [2.05, 4.69) is 59.7 Å². The van der Waals surface area contributed by atoms with Crippen molar-refractivity contribution in [1.29, 1.82) is 0 Å². The molecule has 0 radical (unpaired) electrons. The smallest absolute Gasteiger partial charge is 0.184 e. The number of benzene rings is 3. The van der Waals surface area contributed by atoms with Crippen LogP contribution in [0.15, 0.2) is 71.6 Å². The Labute approximate surface area is 266 Å². The molecule has 7 heteroatoms. The van der Waals surface area contributed by atoms with Crippen molar-refractivity contribution in [3.63, 3.8) is 0 Å². The lowest BCUT2D eigenvalue weighted by Gasteiger charge is -2.36. The van der Waals surface area contributed by atoms with Crippen molar-refractivity contribution in [2.24, 2.45) is 0 Å². The maximum atomic E-state index is 14.2. The molecule has 238 valence electrons. The summed E-state index contributed by atoms with van der Waals surface area (Å²) in [6.07, 6.45) is 5.13. The summed E-state index contributed by atoms with van der Waals surface area (Å²) in [5.41, 5.74) is 5.47. The van der Waals surface area contributed by atoms with Crippen molar-refractivity contribution in [2.75, 3.05) is 56.6 Å². The number of carbonyl (C=O) groups excluding carboxylic acids is 1. The van der Waals surface area contributed by atoms with E-state index >= 15 is 0 Å². The minimum atomic E-state index is -3.74. The molecule has 6 nitrogen and oxygen atoms in total. The van der Waals surface area contributed by atoms with Crippen LogP contribution in [0.2, 0.25) is 0 Å². The van der Waals surface area contributed by atoms with Crippen LogP contribution in [0.5, 0.6) is 0 Å². The summed E-state index contributed by atoms with van der Waals surface area (Å²) in [6.45, 7) is 10.2. The lowest BCUT2D eigenvalue weighted by Crippen LogP contribution is -2.35. The number of anilines is 2. The molecule has 0 aliphatic carbocycles. The number of hydrogen-bond acceptors (Lipinski definition) is 6. The monoisotopic (exact) mass is 617 g/mol. The van der Waals surface area contributed by atoms with Crippen LogP contribution >= 0.6 is 0 Å². The van der Waals surface area contributed by atoms with Gasteiger partial charge in [0.15, 0.2) is 15.6 Å². The molecule has 1 aliphatic rings. The van der Waals surface area contributed by atoms with Gasteiger partial charge >= 0.3 is 0 Å². The van der Waals surface area contributed by atoms with Crippen molar-refractivity contribution < 1.29 is 13.2 Å². The van der Waals surface area contributed by atoms with Gasteiger partial charge in [-0.1, -0.05) is 79.9 Å². The maximum Gasteiger partial charge on any atom is 0.184 e. The standard InChI is InChI=1S/C37H51N3O3S/c1-6-8-10-15-36(41)33-26-37(44(42,43)28-30-13-11-9-12-14-30)35(27-34(33)39(7-2)25-24-38(4)5)40-22-20-32(21-23-40)31-18-16-29(3)17-19-31/h9,11-14,16-19,26-27,32H,6-8,10,15,20-25,28H2,1-5H3. The quantitative estimate of drug-likeness (QED) is 0.130. The number of hydrogen-bond donors (Lipinski definition) is 0. The molecule has 0 amide bonds. The molecule has 0 spiro atoms. The highest BCUT2D eigenvalue weighted by atomic mass is 32.2. The van der Waals surface area contributed by atoms with Crippen molar-refractivity contribution in [2.45, 2.75) is 75.9 Å². The van der Waals surface area contributed by atoms with Crippen LogP contribution in [0, 0.1) is 6.92 Å². The van der Waals surface area contributed by atoms with Crippen molar-refractivity contribution in [3.8, 4) is 0 Å². The first-order valence-corrected chi connectivity index (χ1v) is 18.0. The highest BCUT2D eigenvalue weighted by Crippen LogP contribution is 2.39. The molecule has 0 bridgehead atoms. The van der Waals surface area contributed by atoms with Crippen LogP contribution in [0.25, 0.3) is 0 Å². The van der Waals surface area contributed by atoms with Gasteiger partial charge in [0, 0.05) is 50.4 Å². The molecule has 4 rings (SSSR count). The summed E-state index contributed by atoms with van der Waals surface area (Å²) >= 11 is 0. The van der Waals surface area contributed by atoms with Gasteiger partial charge in [0.05, 0.1) is 16.3 Å². The summed E-state index contributed by atoms with van der Waals surface area (Å²) in [4.78, 5) is 20.7. The predicted molar refractivity (Wildman–Crippen MR) is 184 cm³/mol. The lowest BCUT2D eigenvalue weighted by molar-refractivity contribution is 0.0979. The van der Waals surface area contributed by atoms with Crippen molar-refractivity contribution >= 4 is 27.0 Å². The van der Waals surface area contributed by atoms with E-state index in [-0.39, 0.29) is 16.4 Å². The van der Waals surface area contributed by atoms with Gasteiger partial charge in [-0.3, -0.25) is 4.79 Å². The number of aryl methyl sites for hydroxylation is 1. The number of Topliss-reactive ketones (excluding diaryl/α,β-unsaturated/α-hetero) is 1. The highest BCUT2D eigenvalue weighted by molar-refractivity contribution is 7.90. The Balaban J connectivity index is 1.78. The van der Waals surface area contributed by atoms with Crippen LogP contribution in [0.3, 0.4) is 0 Å². The van der Waals surface area contributed by atoms with E-state index in [1.54, 1.807) is 6.07 Å². The lowest BCUT2D eigenvalue weighted by atomic mass is 9.88. The predicted octanol–water partition coefficient (Wildman–Crippen LogP) is 7.50. The Morgan fingerprint density at radius 1 is 0.909 bits per heavy atom. The van der Waals surface area contributed by atoms with E-state index in [1.807, 2.05) is 50.5 Å². The van der Waals surface area contributed by atoms with Gasteiger partial charge in [-0.2, -0.15) is 0 Å². The second-order valence-corrected chi connectivity index (χ2v) is 14.5. The van der Waals surface area contributed by atoms with Gasteiger partial charge in [0.1, 0.15) is 0 Å². The molecule has 0 saturated carbocycles. The van der Waals surface area contributed by atoms with E-state index in [0.29, 0.717) is 17.9 Å². The average molecular weight is 618 g/mol. The fourth-order valence-electron chi connectivity index (χ4n) is 6.14. The molecule has 1 fully saturated rings. The number of sulfone groups is 1. The fourth-order valence-corrected chi connectivity index (χ4v) is 7.73. The molecular weight excluding hydrogens is 566 g/mol. The Hall–Kier alpha value is -3.16. The third-order valence-corrected chi connectivity index (χ3v) is 10.6. The number of nitrogens with zero attached hydrogens (tertiary/aromatic N) is 3. The molecule has 0 unspecified atom stereocenters. The van der Waals surface area contributed by atoms with Crippen LogP contribution in [0.4, 0.5) is 11.4 Å². The number of unbranched alkanes of at least 4 members (excludes halogenated alkanes) is 2. The normalized spacial score (nSPS) is 14.3. The molecule has 0 N–H and O–H groups in total. The summed E-state index contributed by atoms with van der Waals surface area (Å²) in [7, 11) is 0.358. The van der Waals surface area contributed by atoms with E-state index < -0.39 is 9.84 Å². The van der Waals surface area contributed by atoms with Crippen molar-refractivity contribution in [3.05, 3.63) is 89.0 Å². The van der Waals surface area contributed by atoms with Crippen LogP contribution in [-0.4, -0.2) is 65.9 Å². The largest absolute Gasteiger partial charge is 0.370 e. The molecule has 0 atom stereocenters. The molecule has 0 aromatic heterocycles. The second-order valence-electron chi connectivity index (χ2n) is 12.5. The first-order chi connectivity index (χ1) is 21.1. The molecule has 44 heavy (non-hydrogen) atoms. The van der Waals surface area contributed by atoms with Gasteiger partial charge in [0.25, 0.3) is 0 Å². The SMILES string of the molecule is CCCCCC(=O)c1cc(S(=O)(=O)Cc2ccccc2)c(N2CCC(c3ccc(C)cc3)CC2)cc1N(CC)CCN(C)C. The summed E-state index contributed by atoms with van der Waals surface area (Å²) in [6, 6.07) is 21.9. The fraction of sp³-hybridized carbons (Fsp3) is 0.486. The first kappa shape index (κ1) is 33.7. The van der Waals surface area contributed by atoms with Gasteiger partial charge in [-0.15, -0.1) is 0 Å². The average Bonchev–Trinajstić information content (AvgIpc) is 3.01. The molecule has 1 heterocycles. The van der Waals surface area contributed by atoms with Crippen LogP contribution in [0.1, 0.15) is 85.3 Å². The van der Waals surface area contributed by atoms with Crippen LogP contribution in [-0.2, 0) is 15.6 Å². The maximum absolute atomic E-state index is 14.2. The Morgan fingerprint density at radius 2 is 1.59 bits per heavy atom. The first-order valence-electron chi connectivity index (χ1n) is 16.3. The van der Waals surface area contributed by atoms with Crippen LogP contribution < -0.4 is 9.80 Å².